The number of alkyl carbamates (subject to hydrolysis) is 1. The van der Waals surface area contributed by atoms with E-state index in [9.17, 15) is 31.5 Å². The Morgan fingerprint density at radius 1 is 0.852 bits per heavy atom. The van der Waals surface area contributed by atoms with Crippen molar-refractivity contribution in [1.29, 1.82) is 0 Å². The van der Waals surface area contributed by atoms with Gasteiger partial charge in [-0.2, -0.15) is 16.8 Å². The van der Waals surface area contributed by atoms with Crippen molar-refractivity contribution in [2.45, 2.75) is 81.0 Å². The molecule has 17 heteroatoms. The smallest absolute Gasteiger partial charge is 0.408 e. The highest BCUT2D eigenvalue weighted by Crippen LogP contribution is 2.47. The van der Waals surface area contributed by atoms with Crippen LogP contribution in [0, 0.1) is 19.3 Å². The fourth-order valence-corrected chi connectivity index (χ4v) is 8.25. The van der Waals surface area contributed by atoms with E-state index >= 15 is 0 Å². The Kier molecular flexibility index (Phi) is 11.3. The maximum Gasteiger partial charge on any atom is 0.408 e. The molecule has 15 nitrogen and oxygen atoms in total. The van der Waals surface area contributed by atoms with Crippen molar-refractivity contribution in [3.05, 3.63) is 117 Å². The number of hydrogen-bond donors (Lipinski definition) is 3. The molecule has 2 aliphatic rings. The Morgan fingerprint density at radius 2 is 1.37 bits per heavy atom. The number of nitrogens with zero attached hydrogens (tertiary/aromatic N) is 1. The predicted molar refractivity (Wildman–Crippen MR) is 192 cm³/mol. The van der Waals surface area contributed by atoms with Gasteiger partial charge in [0.25, 0.3) is 25.8 Å². The molecule has 1 aromatic heterocycles. The van der Waals surface area contributed by atoms with Crippen LogP contribution in [0.4, 0.5) is 4.79 Å². The molecule has 0 atom stereocenters. The summed E-state index contributed by atoms with van der Waals surface area (Å²) in [5.74, 6) is -0.786. The van der Waals surface area contributed by atoms with E-state index in [1.165, 1.54) is 24.3 Å². The first-order chi connectivity index (χ1) is 25.6. The van der Waals surface area contributed by atoms with Crippen molar-refractivity contribution >= 4 is 26.3 Å². The molecule has 0 bridgehead atoms. The van der Waals surface area contributed by atoms with Gasteiger partial charge >= 0.3 is 6.09 Å². The normalized spacial score (nSPS) is 19.4. The van der Waals surface area contributed by atoms with Crippen molar-refractivity contribution in [3.63, 3.8) is 0 Å². The molecule has 3 N–H and O–H groups in total. The van der Waals surface area contributed by atoms with Gasteiger partial charge in [-0.15, -0.1) is 0 Å². The third-order valence-corrected chi connectivity index (χ3v) is 12.2. The summed E-state index contributed by atoms with van der Waals surface area (Å²) in [6.45, 7) is 4.21. The predicted octanol–water partition coefficient (Wildman–Crippen LogP) is 4.98. The van der Waals surface area contributed by atoms with Gasteiger partial charge in [0.2, 0.25) is 12.0 Å². The Morgan fingerprint density at radius 3 is 1.87 bits per heavy atom. The first kappa shape index (κ1) is 39.1. The molecular weight excluding hydrogens is 743 g/mol. The SMILES string of the molecule is Cc1ccc(S(=O)(=O)OCC2(COS(=O)(=O)c3ccc(C)cc3)CCC(NC(=O)OCc3ccccc3)(c3nc(C4OC(C)O4)c(O)c(=O)[nH]3)CC2)cc1. The highest BCUT2D eigenvalue weighted by molar-refractivity contribution is 7.87. The van der Waals surface area contributed by atoms with Crippen LogP contribution in [-0.2, 0) is 55.0 Å². The van der Waals surface area contributed by atoms with Crippen LogP contribution in [-0.4, -0.2) is 57.5 Å². The number of aromatic amines is 1. The standard InChI is InChI=1S/C37H41N3O12S2/c1-24-9-13-28(14-10-24)53(44,45)49-22-36(23-50-54(46,47)29-15-11-25(2)12-16-29)17-19-37(20-18-36,40-35(43)48-21-27-7-5-4-6-8-27)34-38-30(31(41)32(42)39-34)33-51-26(3)52-33/h4-16,26,33,41H,17-23H2,1-3H3,(H,40,43)(H,38,39,42). The minimum absolute atomic E-state index is 0.00613. The Balaban J connectivity index is 1.32. The number of ether oxygens (including phenoxy) is 3. The van der Waals surface area contributed by atoms with Crippen LogP contribution in [0.3, 0.4) is 0 Å². The Labute approximate surface area is 312 Å². The number of benzene rings is 3. The second-order valence-corrected chi connectivity index (χ2v) is 16.9. The zero-order chi connectivity index (χ0) is 38.7. The summed E-state index contributed by atoms with van der Waals surface area (Å²) >= 11 is 0. The molecule has 1 aliphatic heterocycles. The molecule has 6 rings (SSSR count). The van der Waals surface area contributed by atoms with Gasteiger partial charge in [0.05, 0.1) is 23.0 Å². The summed E-state index contributed by atoms with van der Waals surface area (Å²) in [5, 5.41) is 13.4. The van der Waals surface area contributed by atoms with Gasteiger partial charge < -0.3 is 29.6 Å². The minimum Gasteiger partial charge on any atom is -0.502 e. The molecule has 3 aromatic carbocycles. The van der Waals surface area contributed by atoms with Crippen molar-refractivity contribution < 1.29 is 49.3 Å². The van der Waals surface area contributed by atoms with E-state index in [4.69, 9.17) is 22.6 Å². The van der Waals surface area contributed by atoms with Crippen molar-refractivity contribution in [1.82, 2.24) is 15.3 Å². The number of aromatic hydroxyl groups is 1. The number of carbonyl (C=O) groups is 1. The largest absolute Gasteiger partial charge is 0.502 e. The van der Waals surface area contributed by atoms with E-state index in [0.29, 0.717) is 0 Å². The minimum atomic E-state index is -4.30. The van der Waals surface area contributed by atoms with Gasteiger partial charge in [0.1, 0.15) is 23.7 Å². The lowest BCUT2D eigenvalue weighted by Crippen LogP contribution is -2.53. The third-order valence-electron chi connectivity index (χ3n) is 9.61. The zero-order valence-electron chi connectivity index (χ0n) is 29.8. The number of aromatic nitrogens is 2. The van der Waals surface area contributed by atoms with Crippen LogP contribution >= 0.6 is 0 Å². The number of H-pyrrole nitrogens is 1. The molecule has 1 saturated carbocycles. The van der Waals surface area contributed by atoms with E-state index < -0.39 is 74.4 Å². The average molecular weight is 784 g/mol. The van der Waals surface area contributed by atoms with E-state index in [1.807, 2.05) is 19.9 Å². The second kappa shape index (κ2) is 15.6. The molecule has 2 fully saturated rings. The quantitative estimate of drug-likeness (QED) is 0.153. The fourth-order valence-electron chi connectivity index (χ4n) is 6.23. The number of nitrogens with one attached hydrogen (secondary N) is 2. The Bertz CT molecular complexity index is 2150. The molecule has 288 valence electrons. The molecule has 2 heterocycles. The number of amides is 1. The van der Waals surface area contributed by atoms with Crippen LogP contribution in [0.5, 0.6) is 5.75 Å². The van der Waals surface area contributed by atoms with E-state index in [0.717, 1.165) is 16.7 Å². The van der Waals surface area contributed by atoms with Gasteiger partial charge in [-0.25, -0.2) is 9.78 Å². The number of carbonyl (C=O) groups excluding carboxylic acids is 1. The van der Waals surface area contributed by atoms with Crippen LogP contribution in [0.1, 0.15) is 67.1 Å². The topological polar surface area (TPSA) is 210 Å². The van der Waals surface area contributed by atoms with Crippen LogP contribution in [0.15, 0.2) is 93.4 Å². The van der Waals surface area contributed by atoms with Gasteiger partial charge in [-0.3, -0.25) is 13.2 Å². The molecule has 0 spiro atoms. The van der Waals surface area contributed by atoms with Crippen molar-refractivity contribution in [2.24, 2.45) is 5.41 Å². The summed E-state index contributed by atoms with van der Waals surface area (Å²) in [4.78, 5) is 33.4. The van der Waals surface area contributed by atoms with E-state index in [-0.39, 0.29) is 53.6 Å². The molecule has 1 aliphatic carbocycles. The Hall–Kier alpha value is -4.65. The zero-order valence-corrected chi connectivity index (χ0v) is 31.4. The molecule has 4 aromatic rings. The van der Waals surface area contributed by atoms with Crippen molar-refractivity contribution in [3.8, 4) is 5.75 Å². The van der Waals surface area contributed by atoms with Crippen LogP contribution in [0.2, 0.25) is 0 Å². The molecule has 0 radical (unpaired) electrons. The van der Waals surface area contributed by atoms with Gasteiger partial charge in [0, 0.05) is 5.41 Å². The fraction of sp³-hybridized carbons (Fsp3) is 0.378. The lowest BCUT2D eigenvalue weighted by atomic mass is 9.67. The first-order valence-corrected chi connectivity index (χ1v) is 20.0. The number of aryl methyl sites for hydroxylation is 2. The molecule has 1 saturated heterocycles. The van der Waals surface area contributed by atoms with Crippen LogP contribution < -0.4 is 10.9 Å². The average Bonchev–Trinajstić information content (AvgIpc) is 3.14. The van der Waals surface area contributed by atoms with Crippen LogP contribution in [0.25, 0.3) is 0 Å². The molecule has 54 heavy (non-hydrogen) atoms. The lowest BCUT2D eigenvalue weighted by Gasteiger charge is -2.45. The van der Waals surface area contributed by atoms with E-state index in [2.05, 4.69) is 15.3 Å². The summed E-state index contributed by atoms with van der Waals surface area (Å²) < 4.78 is 81.1. The molecular formula is C37H41N3O12S2. The lowest BCUT2D eigenvalue weighted by molar-refractivity contribution is -0.384. The summed E-state index contributed by atoms with van der Waals surface area (Å²) in [6.07, 6.45) is -2.67. The van der Waals surface area contributed by atoms with Gasteiger partial charge in [-0.05, 0) is 76.3 Å². The number of rotatable bonds is 13. The first-order valence-electron chi connectivity index (χ1n) is 17.1. The highest BCUT2D eigenvalue weighted by atomic mass is 32.2. The monoisotopic (exact) mass is 783 g/mol. The second-order valence-electron chi connectivity index (χ2n) is 13.6. The van der Waals surface area contributed by atoms with Crippen molar-refractivity contribution in [2.75, 3.05) is 13.2 Å². The molecule has 1 amide bonds. The molecule has 0 unspecified atom stereocenters. The highest BCUT2D eigenvalue weighted by Gasteiger charge is 2.49. The number of hydrogen-bond acceptors (Lipinski definition) is 13. The maximum atomic E-state index is 13.4. The summed E-state index contributed by atoms with van der Waals surface area (Å²) in [5.41, 5.74) is -1.44. The summed E-state index contributed by atoms with van der Waals surface area (Å²) in [6, 6.07) is 21.1. The third kappa shape index (κ3) is 8.83. The maximum absolute atomic E-state index is 13.4. The van der Waals surface area contributed by atoms with Gasteiger partial charge in [0.15, 0.2) is 6.29 Å². The van der Waals surface area contributed by atoms with E-state index in [1.54, 1.807) is 55.5 Å². The van der Waals surface area contributed by atoms with Gasteiger partial charge in [-0.1, -0.05) is 65.7 Å². The summed E-state index contributed by atoms with van der Waals surface area (Å²) in [7, 11) is -8.59.